The molecule has 0 atom stereocenters. The van der Waals surface area contributed by atoms with Crippen molar-refractivity contribution in [2.75, 3.05) is 0 Å². The molecular weight excluding hydrogens is 152 g/mol. The summed E-state index contributed by atoms with van der Waals surface area (Å²) in [6.07, 6.45) is 0.151. The molecule has 1 N–H and O–H groups in total. The molecule has 2 nitrogen and oxygen atoms in total. The van der Waals surface area contributed by atoms with Gasteiger partial charge in [0.2, 0.25) is 0 Å². The van der Waals surface area contributed by atoms with Gasteiger partial charge in [0.05, 0.1) is 12.7 Å². The molecule has 2 heteroatoms. The van der Waals surface area contributed by atoms with Crippen molar-refractivity contribution in [2.24, 2.45) is 0 Å². The van der Waals surface area contributed by atoms with Crippen LogP contribution in [0.2, 0.25) is 0 Å². The van der Waals surface area contributed by atoms with Gasteiger partial charge < -0.3 is 9.84 Å². The van der Waals surface area contributed by atoms with E-state index in [2.05, 4.69) is 0 Å². The van der Waals surface area contributed by atoms with Gasteiger partial charge in [-0.2, -0.15) is 0 Å². The minimum absolute atomic E-state index is 0.0306. The molecule has 0 radical (unpaired) electrons. The predicted molar refractivity (Wildman–Crippen MR) is 48.1 cm³/mol. The van der Waals surface area contributed by atoms with Crippen LogP contribution in [-0.2, 0) is 6.61 Å². The Morgan fingerprint density at radius 2 is 2.00 bits per heavy atom. The molecule has 0 unspecified atom stereocenters. The summed E-state index contributed by atoms with van der Waals surface area (Å²) >= 11 is 0. The summed E-state index contributed by atoms with van der Waals surface area (Å²) in [4.78, 5) is 0. The van der Waals surface area contributed by atoms with Gasteiger partial charge in [-0.1, -0.05) is 18.2 Å². The third-order valence-corrected chi connectivity index (χ3v) is 1.51. The molecule has 0 fully saturated rings. The van der Waals surface area contributed by atoms with E-state index in [0.717, 1.165) is 11.3 Å². The molecule has 0 aliphatic heterocycles. The Morgan fingerprint density at radius 1 is 1.33 bits per heavy atom. The Balaban J connectivity index is 2.82. The van der Waals surface area contributed by atoms with Crippen LogP contribution in [0, 0.1) is 0 Å². The summed E-state index contributed by atoms with van der Waals surface area (Å²) in [5.41, 5.74) is 0.839. The first-order valence-corrected chi connectivity index (χ1v) is 4.09. The van der Waals surface area contributed by atoms with Crippen LogP contribution in [0.5, 0.6) is 5.75 Å². The molecule has 1 aromatic carbocycles. The normalized spacial score (nSPS) is 10.3. The average molecular weight is 166 g/mol. The minimum Gasteiger partial charge on any atom is -0.491 e. The maximum atomic E-state index is 8.95. The highest BCUT2D eigenvalue weighted by Gasteiger charge is 2.02. The molecule has 0 spiro atoms. The lowest BCUT2D eigenvalue weighted by Gasteiger charge is -2.12. The van der Waals surface area contributed by atoms with Crippen molar-refractivity contribution in [1.82, 2.24) is 0 Å². The second-order valence-corrected chi connectivity index (χ2v) is 2.93. The van der Waals surface area contributed by atoms with Crippen LogP contribution >= 0.6 is 0 Å². The van der Waals surface area contributed by atoms with E-state index in [1.807, 2.05) is 38.1 Å². The van der Waals surface area contributed by atoms with Gasteiger partial charge in [-0.3, -0.25) is 0 Å². The van der Waals surface area contributed by atoms with Gasteiger partial charge in [0.25, 0.3) is 0 Å². The maximum absolute atomic E-state index is 8.95. The average Bonchev–Trinajstić information content (AvgIpc) is 2.04. The molecule has 1 rings (SSSR count). The third kappa shape index (κ3) is 2.24. The number of hydrogen-bond donors (Lipinski definition) is 1. The Kier molecular flexibility index (Phi) is 3.11. The molecule has 0 bridgehead atoms. The Bertz CT molecular complexity index is 243. The molecule has 0 aromatic heterocycles. The van der Waals surface area contributed by atoms with Crippen LogP contribution in [0.1, 0.15) is 19.4 Å². The van der Waals surface area contributed by atoms with Crippen molar-refractivity contribution >= 4 is 0 Å². The van der Waals surface area contributed by atoms with E-state index in [1.54, 1.807) is 0 Å². The van der Waals surface area contributed by atoms with Gasteiger partial charge in [-0.25, -0.2) is 0 Å². The highest BCUT2D eigenvalue weighted by molar-refractivity contribution is 5.32. The molecule has 0 aliphatic carbocycles. The van der Waals surface area contributed by atoms with Crippen LogP contribution in [0.15, 0.2) is 24.3 Å². The van der Waals surface area contributed by atoms with E-state index in [1.165, 1.54) is 0 Å². The maximum Gasteiger partial charge on any atom is 0.125 e. The third-order valence-electron chi connectivity index (χ3n) is 1.51. The quantitative estimate of drug-likeness (QED) is 0.743. The van der Waals surface area contributed by atoms with E-state index >= 15 is 0 Å². The molecule has 1 aromatic rings. The first-order valence-electron chi connectivity index (χ1n) is 4.09. The van der Waals surface area contributed by atoms with E-state index < -0.39 is 0 Å². The lowest BCUT2D eigenvalue weighted by molar-refractivity contribution is 0.225. The summed E-state index contributed by atoms with van der Waals surface area (Å²) in [5, 5.41) is 8.95. The van der Waals surface area contributed by atoms with Crippen molar-refractivity contribution < 1.29 is 9.84 Å². The summed E-state index contributed by atoms with van der Waals surface area (Å²) in [6, 6.07) is 7.51. The number of hydrogen-bond acceptors (Lipinski definition) is 2. The summed E-state index contributed by atoms with van der Waals surface area (Å²) in [7, 11) is 0. The minimum atomic E-state index is 0.0306. The molecule has 0 amide bonds. The first kappa shape index (κ1) is 9.07. The fourth-order valence-corrected chi connectivity index (χ4v) is 1.00. The van der Waals surface area contributed by atoms with Gasteiger partial charge in [-0.05, 0) is 19.9 Å². The van der Waals surface area contributed by atoms with Gasteiger partial charge >= 0.3 is 0 Å². The van der Waals surface area contributed by atoms with Crippen molar-refractivity contribution in [2.45, 2.75) is 26.6 Å². The second kappa shape index (κ2) is 4.12. The van der Waals surface area contributed by atoms with E-state index in [0.29, 0.717) is 0 Å². The number of ether oxygens (including phenoxy) is 1. The van der Waals surface area contributed by atoms with Gasteiger partial charge in [-0.15, -0.1) is 0 Å². The zero-order chi connectivity index (χ0) is 8.97. The molecule has 66 valence electrons. The fourth-order valence-electron chi connectivity index (χ4n) is 1.00. The fraction of sp³-hybridized carbons (Fsp3) is 0.400. The molecule has 12 heavy (non-hydrogen) atoms. The number of para-hydroxylation sites is 1. The monoisotopic (exact) mass is 166 g/mol. The summed E-state index contributed by atoms with van der Waals surface area (Å²) in [6.45, 7) is 3.96. The standard InChI is InChI=1S/C10H14O2/c1-8(2)12-10-6-4-3-5-9(10)7-11/h3-6,8,11H,7H2,1-2H3. The molecule has 0 aliphatic rings. The molecular formula is C10H14O2. The van der Waals surface area contributed by atoms with Crippen molar-refractivity contribution in [3.8, 4) is 5.75 Å². The van der Waals surface area contributed by atoms with E-state index in [-0.39, 0.29) is 12.7 Å². The van der Waals surface area contributed by atoms with E-state index in [9.17, 15) is 0 Å². The molecule has 0 saturated heterocycles. The van der Waals surface area contributed by atoms with Crippen molar-refractivity contribution in [3.63, 3.8) is 0 Å². The van der Waals surface area contributed by atoms with Crippen molar-refractivity contribution in [1.29, 1.82) is 0 Å². The Morgan fingerprint density at radius 3 is 2.58 bits per heavy atom. The summed E-state index contributed by atoms with van der Waals surface area (Å²) in [5.74, 6) is 0.773. The highest BCUT2D eigenvalue weighted by atomic mass is 16.5. The Hall–Kier alpha value is -1.02. The predicted octanol–water partition coefficient (Wildman–Crippen LogP) is 1.97. The SMILES string of the molecule is CC(C)Oc1ccccc1CO. The lowest BCUT2D eigenvalue weighted by atomic mass is 10.2. The van der Waals surface area contributed by atoms with Crippen LogP contribution in [0.3, 0.4) is 0 Å². The first-order chi connectivity index (χ1) is 5.74. The van der Waals surface area contributed by atoms with Crippen LogP contribution in [-0.4, -0.2) is 11.2 Å². The number of aliphatic hydroxyl groups is 1. The van der Waals surface area contributed by atoms with Crippen LogP contribution in [0.4, 0.5) is 0 Å². The molecule has 0 heterocycles. The van der Waals surface area contributed by atoms with Gasteiger partial charge in [0.15, 0.2) is 0 Å². The topological polar surface area (TPSA) is 29.5 Å². The number of benzene rings is 1. The van der Waals surface area contributed by atoms with Crippen LogP contribution < -0.4 is 4.74 Å². The second-order valence-electron chi connectivity index (χ2n) is 2.93. The van der Waals surface area contributed by atoms with E-state index in [4.69, 9.17) is 9.84 Å². The number of aliphatic hydroxyl groups excluding tert-OH is 1. The zero-order valence-electron chi connectivity index (χ0n) is 7.45. The van der Waals surface area contributed by atoms with Crippen LogP contribution in [0.25, 0.3) is 0 Å². The lowest BCUT2D eigenvalue weighted by Crippen LogP contribution is -2.07. The smallest absolute Gasteiger partial charge is 0.125 e. The number of rotatable bonds is 3. The highest BCUT2D eigenvalue weighted by Crippen LogP contribution is 2.18. The molecule has 0 saturated carbocycles. The zero-order valence-corrected chi connectivity index (χ0v) is 7.45. The Labute approximate surface area is 72.8 Å². The van der Waals surface area contributed by atoms with Gasteiger partial charge in [0, 0.05) is 5.56 Å². The summed E-state index contributed by atoms with van der Waals surface area (Å²) < 4.78 is 5.48. The van der Waals surface area contributed by atoms with Gasteiger partial charge in [0.1, 0.15) is 5.75 Å². The van der Waals surface area contributed by atoms with Crippen molar-refractivity contribution in [3.05, 3.63) is 29.8 Å². The largest absolute Gasteiger partial charge is 0.491 e.